The van der Waals surface area contributed by atoms with Crippen LogP contribution in [-0.2, 0) is 0 Å². The van der Waals surface area contributed by atoms with Crippen LogP contribution in [0.1, 0.15) is 17.9 Å². The quantitative estimate of drug-likeness (QED) is 0.835. The summed E-state index contributed by atoms with van der Waals surface area (Å²) in [5.74, 6) is 0.645. The van der Waals surface area contributed by atoms with E-state index in [1.165, 1.54) is 12.0 Å². The molecule has 0 radical (unpaired) electrons. The van der Waals surface area contributed by atoms with Gasteiger partial charge in [0.2, 0.25) is 0 Å². The lowest BCUT2D eigenvalue weighted by atomic mass is 9.99. The van der Waals surface area contributed by atoms with E-state index in [2.05, 4.69) is 27.3 Å². The fourth-order valence-corrected chi connectivity index (χ4v) is 2.76. The van der Waals surface area contributed by atoms with Gasteiger partial charge in [0.25, 0.3) is 0 Å². The first kappa shape index (κ1) is 12.3. The molecule has 1 fully saturated rings. The second kappa shape index (κ2) is 5.36. The van der Waals surface area contributed by atoms with Crippen molar-refractivity contribution in [2.24, 2.45) is 0 Å². The van der Waals surface area contributed by atoms with E-state index in [1.807, 2.05) is 12.1 Å². The molecular weight excluding hydrogens is 285 g/mol. The highest BCUT2D eigenvalue weighted by Crippen LogP contribution is 2.30. The van der Waals surface area contributed by atoms with E-state index >= 15 is 0 Å². The largest absolute Gasteiger partial charge is 0.316 e. The van der Waals surface area contributed by atoms with Gasteiger partial charge in [-0.1, -0.05) is 33.6 Å². The van der Waals surface area contributed by atoms with Crippen LogP contribution in [0.3, 0.4) is 0 Å². The zero-order valence-electron chi connectivity index (χ0n) is 7.59. The molecule has 1 nitrogen and oxygen atoms in total. The molecule has 1 aliphatic heterocycles. The minimum Gasteiger partial charge on any atom is -0.316 e. The summed E-state index contributed by atoms with van der Waals surface area (Å²) in [4.78, 5) is 0. The van der Waals surface area contributed by atoms with Crippen LogP contribution < -0.4 is 5.32 Å². The van der Waals surface area contributed by atoms with Gasteiger partial charge in [-0.15, -0.1) is 12.4 Å². The molecule has 1 atom stereocenters. The van der Waals surface area contributed by atoms with Gasteiger partial charge < -0.3 is 5.32 Å². The Morgan fingerprint density at radius 3 is 2.79 bits per heavy atom. The molecule has 0 aliphatic carbocycles. The molecule has 0 spiro atoms. The van der Waals surface area contributed by atoms with Crippen molar-refractivity contribution < 1.29 is 0 Å². The standard InChI is InChI=1S/C10H11BrClN.ClH/c11-10-5-8(12)1-2-9(10)7-3-4-13-6-7;/h1-2,5,7,13H,3-4,6H2;1H. The van der Waals surface area contributed by atoms with Crippen molar-refractivity contribution in [3.63, 3.8) is 0 Å². The average molecular weight is 297 g/mol. The van der Waals surface area contributed by atoms with Gasteiger partial charge >= 0.3 is 0 Å². The maximum absolute atomic E-state index is 5.88. The third kappa shape index (κ3) is 2.63. The molecule has 2 rings (SSSR count). The lowest BCUT2D eigenvalue weighted by molar-refractivity contribution is 0.760. The van der Waals surface area contributed by atoms with E-state index < -0.39 is 0 Å². The number of hydrogen-bond acceptors (Lipinski definition) is 1. The van der Waals surface area contributed by atoms with E-state index in [9.17, 15) is 0 Å². The van der Waals surface area contributed by atoms with Crippen LogP contribution in [0.25, 0.3) is 0 Å². The van der Waals surface area contributed by atoms with Crippen molar-refractivity contribution in [3.05, 3.63) is 33.3 Å². The molecule has 4 heteroatoms. The third-order valence-corrected chi connectivity index (χ3v) is 3.38. The Labute approximate surface area is 104 Å². The Morgan fingerprint density at radius 2 is 2.21 bits per heavy atom. The van der Waals surface area contributed by atoms with E-state index in [1.54, 1.807) is 0 Å². The molecular formula is C10H12BrCl2N. The Kier molecular flexibility index (Phi) is 4.71. The van der Waals surface area contributed by atoms with Gasteiger partial charge in [0.15, 0.2) is 0 Å². The van der Waals surface area contributed by atoms with Crippen LogP contribution in [0.5, 0.6) is 0 Å². The van der Waals surface area contributed by atoms with Crippen molar-refractivity contribution in [1.29, 1.82) is 0 Å². The molecule has 1 aromatic rings. The van der Waals surface area contributed by atoms with Crippen LogP contribution in [0.2, 0.25) is 5.02 Å². The zero-order valence-corrected chi connectivity index (χ0v) is 10.8. The van der Waals surface area contributed by atoms with Crippen LogP contribution in [0.4, 0.5) is 0 Å². The Bertz CT molecular complexity index is 311. The molecule has 1 aliphatic rings. The van der Waals surface area contributed by atoms with Gasteiger partial charge in [-0.2, -0.15) is 0 Å². The monoisotopic (exact) mass is 295 g/mol. The number of benzene rings is 1. The summed E-state index contributed by atoms with van der Waals surface area (Å²) >= 11 is 9.42. The Balaban J connectivity index is 0.000000980. The number of halogens is 3. The first-order valence-corrected chi connectivity index (χ1v) is 5.60. The van der Waals surface area contributed by atoms with Gasteiger partial charge in [-0.25, -0.2) is 0 Å². The van der Waals surface area contributed by atoms with Gasteiger partial charge in [0.1, 0.15) is 0 Å². The molecule has 1 heterocycles. The molecule has 0 aromatic heterocycles. The van der Waals surface area contributed by atoms with Crippen LogP contribution >= 0.6 is 39.9 Å². The summed E-state index contributed by atoms with van der Waals surface area (Å²) in [6, 6.07) is 6.04. The summed E-state index contributed by atoms with van der Waals surface area (Å²) in [7, 11) is 0. The smallest absolute Gasteiger partial charge is 0.0417 e. The molecule has 1 unspecified atom stereocenters. The van der Waals surface area contributed by atoms with Gasteiger partial charge in [-0.05, 0) is 36.6 Å². The van der Waals surface area contributed by atoms with Crippen LogP contribution in [-0.4, -0.2) is 13.1 Å². The van der Waals surface area contributed by atoms with Crippen LogP contribution in [0, 0.1) is 0 Å². The topological polar surface area (TPSA) is 12.0 Å². The molecule has 0 bridgehead atoms. The third-order valence-electron chi connectivity index (χ3n) is 2.46. The maximum atomic E-state index is 5.88. The minimum absolute atomic E-state index is 0. The van der Waals surface area contributed by atoms with E-state index in [-0.39, 0.29) is 12.4 Å². The lowest BCUT2D eigenvalue weighted by Crippen LogP contribution is -2.08. The fourth-order valence-electron chi connectivity index (χ4n) is 1.75. The summed E-state index contributed by atoms with van der Waals surface area (Å²) in [5.41, 5.74) is 1.37. The highest BCUT2D eigenvalue weighted by molar-refractivity contribution is 9.10. The first-order valence-electron chi connectivity index (χ1n) is 4.43. The highest BCUT2D eigenvalue weighted by Gasteiger charge is 2.18. The summed E-state index contributed by atoms with van der Waals surface area (Å²) in [6.45, 7) is 2.21. The van der Waals surface area contributed by atoms with E-state index in [4.69, 9.17) is 11.6 Å². The van der Waals surface area contributed by atoms with Crippen molar-refractivity contribution in [2.45, 2.75) is 12.3 Å². The SMILES string of the molecule is Cl.Clc1ccc(C2CCNC2)c(Br)c1. The van der Waals surface area contributed by atoms with E-state index in [0.29, 0.717) is 5.92 Å². The first-order chi connectivity index (χ1) is 6.27. The number of hydrogen-bond donors (Lipinski definition) is 1. The molecule has 0 saturated carbocycles. The molecule has 14 heavy (non-hydrogen) atoms. The Hall–Kier alpha value is 0.240. The lowest BCUT2D eigenvalue weighted by Gasteiger charge is -2.10. The highest BCUT2D eigenvalue weighted by atomic mass is 79.9. The summed E-state index contributed by atoms with van der Waals surface area (Å²) in [5, 5.41) is 4.15. The van der Waals surface area contributed by atoms with Crippen LogP contribution in [0.15, 0.2) is 22.7 Å². The fraction of sp³-hybridized carbons (Fsp3) is 0.400. The zero-order chi connectivity index (χ0) is 9.26. The maximum Gasteiger partial charge on any atom is 0.0417 e. The van der Waals surface area contributed by atoms with Gasteiger partial charge in [0.05, 0.1) is 0 Å². The van der Waals surface area contributed by atoms with Gasteiger partial charge in [-0.3, -0.25) is 0 Å². The predicted molar refractivity (Wildman–Crippen MR) is 66.6 cm³/mol. The Morgan fingerprint density at radius 1 is 1.43 bits per heavy atom. The van der Waals surface area contributed by atoms with Gasteiger partial charge in [0, 0.05) is 16.0 Å². The minimum atomic E-state index is 0. The number of nitrogens with one attached hydrogen (secondary N) is 1. The number of rotatable bonds is 1. The van der Waals surface area contributed by atoms with Crippen molar-refractivity contribution in [3.8, 4) is 0 Å². The second-order valence-corrected chi connectivity index (χ2v) is 4.65. The predicted octanol–water partition coefficient (Wildman–Crippen LogP) is 3.60. The summed E-state index contributed by atoms with van der Waals surface area (Å²) < 4.78 is 1.13. The molecule has 1 aromatic carbocycles. The molecule has 1 saturated heterocycles. The van der Waals surface area contributed by atoms with Crippen molar-refractivity contribution >= 4 is 39.9 Å². The average Bonchev–Trinajstić information content (AvgIpc) is 2.56. The molecule has 1 N–H and O–H groups in total. The second-order valence-electron chi connectivity index (χ2n) is 3.36. The van der Waals surface area contributed by atoms with Crippen molar-refractivity contribution in [1.82, 2.24) is 5.32 Å². The summed E-state index contributed by atoms with van der Waals surface area (Å²) in [6.07, 6.45) is 1.22. The molecule has 78 valence electrons. The van der Waals surface area contributed by atoms with E-state index in [0.717, 1.165) is 22.6 Å². The molecule has 0 amide bonds. The van der Waals surface area contributed by atoms with Crippen molar-refractivity contribution in [2.75, 3.05) is 13.1 Å². The normalized spacial score (nSPS) is 20.6.